The van der Waals surface area contributed by atoms with Crippen LogP contribution < -0.4 is 0 Å². The molecule has 1 heterocycles. The fourth-order valence-corrected chi connectivity index (χ4v) is 1.28. The van der Waals surface area contributed by atoms with Crippen LogP contribution in [0.1, 0.15) is 12.8 Å². The summed E-state index contributed by atoms with van der Waals surface area (Å²) in [5.41, 5.74) is 0.914. The molecule has 1 aliphatic rings. The van der Waals surface area contributed by atoms with Crippen LogP contribution in [0.3, 0.4) is 0 Å². The van der Waals surface area contributed by atoms with E-state index in [0.29, 0.717) is 24.2 Å². The number of allylic oxidation sites excluding steroid dienone is 2. The summed E-state index contributed by atoms with van der Waals surface area (Å²) in [7, 11) is 0. The first-order valence-corrected chi connectivity index (χ1v) is 3.44. The molecule has 0 radical (unpaired) electrons. The molecule has 1 aliphatic heterocycles. The average molecular weight is 202 g/mol. The summed E-state index contributed by atoms with van der Waals surface area (Å²) in [5, 5.41) is 0. The average Bonchev–Trinajstić information content (AvgIpc) is 2.30. The third-order valence-corrected chi connectivity index (χ3v) is 2.16. The van der Waals surface area contributed by atoms with Crippen LogP contribution in [0.15, 0.2) is 11.4 Å². The maximum absolute atomic E-state index is 10.1. The second-order valence-corrected chi connectivity index (χ2v) is 2.59. The summed E-state index contributed by atoms with van der Waals surface area (Å²) >= 11 is 3.03. The van der Waals surface area contributed by atoms with Crippen LogP contribution in [0.5, 0.6) is 0 Å². The predicted molar refractivity (Wildman–Crippen MR) is 38.4 cm³/mol. The van der Waals surface area contributed by atoms with Gasteiger partial charge in [-0.1, -0.05) is 0 Å². The van der Waals surface area contributed by atoms with Crippen molar-refractivity contribution in [3.05, 3.63) is 11.4 Å². The van der Waals surface area contributed by atoms with Gasteiger partial charge in [0, 0.05) is 12.8 Å². The van der Waals surface area contributed by atoms with Gasteiger partial charge in [0.1, 0.15) is 23.3 Å². The number of hydrogen-bond acceptors (Lipinski definition) is 3. The summed E-state index contributed by atoms with van der Waals surface area (Å²) in [4.78, 5) is 20.2. The number of hydrogen-bond donors (Lipinski definition) is 0. The Hall–Kier alpha value is -0.820. The predicted octanol–water partition coefficient (Wildman–Crippen LogP) is 0.823. The minimum absolute atomic E-state index is 0.457. The van der Waals surface area contributed by atoms with Gasteiger partial charge in [0.25, 0.3) is 0 Å². The summed E-state index contributed by atoms with van der Waals surface area (Å²) < 4.78 is 1.35. The lowest BCUT2D eigenvalue weighted by Gasteiger charge is -2.03. The Morgan fingerprint density at radius 3 is 1.80 bits per heavy atom. The minimum Gasteiger partial charge on any atom is -0.263 e. The molecule has 0 aromatic carbocycles. The lowest BCUT2D eigenvalue weighted by molar-refractivity contribution is 0.559. The molecule has 0 amide bonds. The van der Waals surface area contributed by atoms with Crippen LogP contribution >= 0.6 is 16.1 Å². The Morgan fingerprint density at radius 1 is 1.20 bits per heavy atom. The van der Waals surface area contributed by atoms with Crippen molar-refractivity contribution in [1.29, 1.82) is 0 Å². The molecule has 3 nitrogen and oxygen atoms in total. The van der Waals surface area contributed by atoms with Crippen molar-refractivity contribution in [1.82, 2.24) is 3.93 Å². The highest BCUT2D eigenvalue weighted by molar-refractivity contribution is 9.07. The molecule has 0 spiro atoms. The van der Waals surface area contributed by atoms with Crippen LogP contribution in [0, 0.1) is 0 Å². The highest BCUT2D eigenvalue weighted by atomic mass is 79.9. The van der Waals surface area contributed by atoms with Gasteiger partial charge < -0.3 is 0 Å². The van der Waals surface area contributed by atoms with E-state index in [1.54, 1.807) is 11.9 Å². The van der Waals surface area contributed by atoms with E-state index in [4.69, 9.17) is 0 Å². The fourth-order valence-electron chi connectivity index (χ4n) is 0.778. The third-order valence-electron chi connectivity index (χ3n) is 1.31. The molecule has 0 unspecified atom stereocenters. The molecule has 52 valence electrons. The molecule has 1 saturated heterocycles. The Balaban J connectivity index is 2.97. The van der Waals surface area contributed by atoms with Crippen LogP contribution in [0.2, 0.25) is 0 Å². The van der Waals surface area contributed by atoms with E-state index in [1.807, 2.05) is 0 Å². The zero-order chi connectivity index (χ0) is 7.56. The second kappa shape index (κ2) is 2.84. The SMILES string of the molecule is O=C=C1CCC(=C=O)N1Br. The maximum Gasteiger partial charge on any atom is 0.147 e. The lowest BCUT2D eigenvalue weighted by atomic mass is 10.3. The molecule has 0 aliphatic carbocycles. The molecule has 1 fully saturated rings. The van der Waals surface area contributed by atoms with E-state index in [2.05, 4.69) is 16.1 Å². The molecule has 0 aromatic heterocycles. The standard InChI is InChI=1S/C6H4BrNO2/c7-8-5(3-9)1-2-6(8)4-10/h1-2H2. The normalized spacial score (nSPS) is 17.1. The molecule has 0 bridgehead atoms. The zero-order valence-corrected chi connectivity index (χ0v) is 6.64. The second-order valence-electron chi connectivity index (χ2n) is 1.88. The van der Waals surface area contributed by atoms with Crippen molar-refractivity contribution in [2.24, 2.45) is 0 Å². The van der Waals surface area contributed by atoms with Crippen molar-refractivity contribution >= 4 is 28.0 Å². The molecular weight excluding hydrogens is 198 g/mol. The summed E-state index contributed by atoms with van der Waals surface area (Å²) in [6, 6.07) is 0. The van der Waals surface area contributed by atoms with Crippen LogP contribution in [0.25, 0.3) is 0 Å². The summed E-state index contributed by atoms with van der Waals surface area (Å²) in [6.07, 6.45) is 1.14. The van der Waals surface area contributed by atoms with Crippen LogP contribution in [-0.4, -0.2) is 15.8 Å². The first-order valence-electron chi connectivity index (χ1n) is 2.73. The Labute approximate surface area is 66.3 Å². The van der Waals surface area contributed by atoms with Crippen LogP contribution in [0.4, 0.5) is 0 Å². The van der Waals surface area contributed by atoms with Gasteiger partial charge in [-0.3, -0.25) is 3.93 Å². The fraction of sp³-hybridized carbons (Fsp3) is 0.333. The minimum atomic E-state index is 0.457. The molecule has 0 aromatic rings. The van der Waals surface area contributed by atoms with Gasteiger partial charge in [0.15, 0.2) is 0 Å². The van der Waals surface area contributed by atoms with Gasteiger partial charge in [0.05, 0.1) is 16.1 Å². The first-order chi connectivity index (χ1) is 4.79. The smallest absolute Gasteiger partial charge is 0.147 e. The third kappa shape index (κ3) is 1.05. The molecule has 10 heavy (non-hydrogen) atoms. The Morgan fingerprint density at radius 2 is 1.60 bits per heavy atom. The number of rotatable bonds is 0. The van der Waals surface area contributed by atoms with Crippen molar-refractivity contribution in [2.75, 3.05) is 0 Å². The highest BCUT2D eigenvalue weighted by Crippen LogP contribution is 2.29. The van der Waals surface area contributed by atoms with Crippen LogP contribution in [-0.2, 0) is 9.59 Å². The number of halogens is 1. The first kappa shape index (κ1) is 7.29. The molecule has 0 atom stereocenters. The Bertz CT molecular complexity index is 222. The molecule has 0 saturated carbocycles. The van der Waals surface area contributed by atoms with Gasteiger partial charge in [-0.2, -0.15) is 0 Å². The maximum atomic E-state index is 10.1. The molecule has 0 N–H and O–H groups in total. The summed E-state index contributed by atoms with van der Waals surface area (Å²) in [5.74, 6) is 3.45. The van der Waals surface area contributed by atoms with Gasteiger partial charge in [-0.15, -0.1) is 0 Å². The van der Waals surface area contributed by atoms with E-state index >= 15 is 0 Å². The van der Waals surface area contributed by atoms with Gasteiger partial charge >= 0.3 is 0 Å². The van der Waals surface area contributed by atoms with Gasteiger partial charge in [-0.25, -0.2) is 9.59 Å². The quantitative estimate of drug-likeness (QED) is 0.431. The number of nitrogens with zero attached hydrogens (tertiary/aromatic N) is 1. The van der Waals surface area contributed by atoms with E-state index in [9.17, 15) is 9.59 Å². The van der Waals surface area contributed by atoms with Crippen molar-refractivity contribution < 1.29 is 9.59 Å². The van der Waals surface area contributed by atoms with Gasteiger partial charge in [0.2, 0.25) is 0 Å². The topological polar surface area (TPSA) is 37.4 Å². The summed E-state index contributed by atoms with van der Waals surface area (Å²) in [6.45, 7) is 0. The van der Waals surface area contributed by atoms with Crippen molar-refractivity contribution in [2.45, 2.75) is 12.8 Å². The van der Waals surface area contributed by atoms with Crippen molar-refractivity contribution in [3.63, 3.8) is 0 Å². The van der Waals surface area contributed by atoms with Crippen molar-refractivity contribution in [3.8, 4) is 0 Å². The molecular formula is C6H4BrNO2. The zero-order valence-electron chi connectivity index (χ0n) is 5.06. The number of carbonyl (C=O) groups excluding carboxylic acids is 2. The Kier molecular flexibility index (Phi) is 2.07. The van der Waals surface area contributed by atoms with E-state index in [1.165, 1.54) is 3.93 Å². The van der Waals surface area contributed by atoms with E-state index in [-0.39, 0.29) is 0 Å². The molecule has 1 rings (SSSR count). The van der Waals surface area contributed by atoms with E-state index in [0.717, 1.165) is 0 Å². The van der Waals surface area contributed by atoms with Gasteiger partial charge in [-0.05, 0) is 0 Å². The highest BCUT2D eigenvalue weighted by Gasteiger charge is 2.21. The monoisotopic (exact) mass is 201 g/mol. The lowest BCUT2D eigenvalue weighted by Crippen LogP contribution is -2.00. The van der Waals surface area contributed by atoms with E-state index < -0.39 is 0 Å². The largest absolute Gasteiger partial charge is 0.263 e. The molecule has 4 heteroatoms.